The van der Waals surface area contributed by atoms with Gasteiger partial charge in [-0.15, -0.1) is 0 Å². The molecule has 1 aromatic rings. The van der Waals surface area contributed by atoms with Crippen molar-refractivity contribution in [2.75, 3.05) is 7.11 Å². The van der Waals surface area contributed by atoms with Crippen LogP contribution >= 0.6 is 0 Å². The zero-order valence-corrected chi connectivity index (χ0v) is 11.5. The molecule has 20 heavy (non-hydrogen) atoms. The van der Waals surface area contributed by atoms with Gasteiger partial charge in [-0.3, -0.25) is 4.79 Å². The van der Waals surface area contributed by atoms with E-state index >= 15 is 0 Å². The lowest BCUT2D eigenvalue weighted by Crippen LogP contribution is -2.30. The number of benzene rings is 1. The maximum atomic E-state index is 12.6. The number of ether oxygens (including phenoxy) is 2. The zero-order chi connectivity index (χ0) is 14.1. The molecule has 0 radical (unpaired) electrons. The Labute approximate surface area is 118 Å². The highest BCUT2D eigenvalue weighted by atomic mass is 16.5. The van der Waals surface area contributed by atoms with Gasteiger partial charge in [0.25, 0.3) is 0 Å². The van der Waals surface area contributed by atoms with Crippen LogP contribution in [0.3, 0.4) is 0 Å². The average Bonchev–Trinajstić information content (AvgIpc) is 2.84. The molecular formula is C16H17NO3. The van der Waals surface area contributed by atoms with Crippen molar-refractivity contribution in [2.45, 2.75) is 37.9 Å². The summed E-state index contributed by atoms with van der Waals surface area (Å²) in [7, 11) is 1.51. The van der Waals surface area contributed by atoms with Gasteiger partial charge in [-0.2, -0.15) is 5.26 Å². The molecule has 2 bridgehead atoms. The molecule has 4 heteroatoms. The highest BCUT2D eigenvalue weighted by Crippen LogP contribution is 2.37. The molecule has 0 spiro atoms. The standard InChI is InChI=1S/C16H17NO3/c1-19-15-8-10(2-3-11(15)9-17)16(18)12-6-13-4-5-14(7-12)20-13/h2-3,8,12-14H,4-7H2,1H3. The van der Waals surface area contributed by atoms with Crippen LogP contribution in [0, 0.1) is 17.2 Å². The molecule has 1 aromatic carbocycles. The third-order valence-corrected chi connectivity index (χ3v) is 4.27. The Morgan fingerprint density at radius 3 is 2.65 bits per heavy atom. The molecule has 0 aromatic heterocycles. The van der Waals surface area contributed by atoms with Crippen LogP contribution in [0.15, 0.2) is 18.2 Å². The van der Waals surface area contributed by atoms with E-state index in [0.29, 0.717) is 16.9 Å². The quantitative estimate of drug-likeness (QED) is 0.793. The second-order valence-electron chi connectivity index (χ2n) is 5.52. The second kappa shape index (κ2) is 5.26. The van der Waals surface area contributed by atoms with Crippen LogP contribution in [0.25, 0.3) is 0 Å². The first-order valence-corrected chi connectivity index (χ1v) is 6.99. The van der Waals surface area contributed by atoms with Gasteiger partial charge in [0.1, 0.15) is 11.8 Å². The van der Waals surface area contributed by atoms with Crippen molar-refractivity contribution in [3.8, 4) is 11.8 Å². The highest BCUT2D eigenvalue weighted by Gasteiger charge is 2.38. The van der Waals surface area contributed by atoms with E-state index in [9.17, 15) is 4.79 Å². The molecule has 2 atom stereocenters. The van der Waals surface area contributed by atoms with Crippen molar-refractivity contribution in [2.24, 2.45) is 5.92 Å². The number of carbonyl (C=O) groups is 1. The molecule has 2 saturated heterocycles. The van der Waals surface area contributed by atoms with Crippen LogP contribution in [-0.2, 0) is 4.74 Å². The third-order valence-electron chi connectivity index (χ3n) is 4.27. The van der Waals surface area contributed by atoms with E-state index < -0.39 is 0 Å². The number of Topliss-reactive ketones (excluding diaryl/α,β-unsaturated/α-hetero) is 1. The predicted molar refractivity (Wildman–Crippen MR) is 72.7 cm³/mol. The summed E-state index contributed by atoms with van der Waals surface area (Å²) in [6.45, 7) is 0. The van der Waals surface area contributed by atoms with E-state index in [-0.39, 0.29) is 23.9 Å². The lowest BCUT2D eigenvalue weighted by molar-refractivity contribution is -0.0149. The van der Waals surface area contributed by atoms with Crippen molar-refractivity contribution in [3.05, 3.63) is 29.3 Å². The fourth-order valence-electron chi connectivity index (χ4n) is 3.24. The summed E-state index contributed by atoms with van der Waals surface area (Å²) in [5.41, 5.74) is 1.09. The predicted octanol–water partition coefficient (Wildman–Crippen LogP) is 2.71. The Hall–Kier alpha value is -1.86. The Morgan fingerprint density at radius 1 is 1.35 bits per heavy atom. The van der Waals surface area contributed by atoms with E-state index in [1.165, 1.54) is 7.11 Å². The molecule has 0 aliphatic carbocycles. The number of nitriles is 1. The second-order valence-corrected chi connectivity index (χ2v) is 5.52. The summed E-state index contributed by atoms with van der Waals surface area (Å²) >= 11 is 0. The third kappa shape index (κ3) is 2.30. The Morgan fingerprint density at radius 2 is 2.05 bits per heavy atom. The number of rotatable bonds is 3. The van der Waals surface area contributed by atoms with Gasteiger partial charge < -0.3 is 9.47 Å². The number of ketones is 1. The minimum Gasteiger partial charge on any atom is -0.495 e. The lowest BCUT2D eigenvalue weighted by atomic mass is 9.87. The van der Waals surface area contributed by atoms with Gasteiger partial charge in [0.2, 0.25) is 0 Å². The SMILES string of the molecule is COc1cc(C(=O)C2CC3CCC(C2)O3)ccc1C#N. The fraction of sp³-hybridized carbons (Fsp3) is 0.500. The van der Waals surface area contributed by atoms with Crippen molar-refractivity contribution < 1.29 is 14.3 Å². The molecule has 2 aliphatic heterocycles. The van der Waals surface area contributed by atoms with Gasteiger partial charge in [0, 0.05) is 11.5 Å². The Bertz CT molecular complexity index is 564. The number of carbonyl (C=O) groups excluding carboxylic acids is 1. The lowest BCUT2D eigenvalue weighted by Gasteiger charge is -2.27. The monoisotopic (exact) mass is 271 g/mol. The van der Waals surface area contributed by atoms with Crippen LogP contribution in [-0.4, -0.2) is 25.1 Å². The number of fused-ring (bicyclic) bond motifs is 2. The van der Waals surface area contributed by atoms with E-state index in [0.717, 1.165) is 25.7 Å². The number of hydrogen-bond donors (Lipinski definition) is 0. The maximum absolute atomic E-state index is 12.6. The van der Waals surface area contributed by atoms with Crippen LogP contribution in [0.2, 0.25) is 0 Å². The number of nitrogens with zero attached hydrogens (tertiary/aromatic N) is 1. The molecule has 4 nitrogen and oxygen atoms in total. The van der Waals surface area contributed by atoms with Crippen LogP contribution < -0.4 is 4.74 Å². The van der Waals surface area contributed by atoms with Gasteiger partial charge >= 0.3 is 0 Å². The fourth-order valence-corrected chi connectivity index (χ4v) is 3.24. The van der Waals surface area contributed by atoms with Crippen LogP contribution in [0.1, 0.15) is 41.6 Å². The van der Waals surface area contributed by atoms with E-state index in [4.69, 9.17) is 14.7 Å². The largest absolute Gasteiger partial charge is 0.495 e. The first-order chi connectivity index (χ1) is 9.71. The first kappa shape index (κ1) is 13.1. The normalized spacial score (nSPS) is 27.9. The van der Waals surface area contributed by atoms with Crippen molar-refractivity contribution in [1.29, 1.82) is 5.26 Å². The van der Waals surface area contributed by atoms with Gasteiger partial charge in [-0.1, -0.05) is 0 Å². The van der Waals surface area contributed by atoms with Gasteiger partial charge in [0.05, 0.1) is 24.9 Å². The summed E-state index contributed by atoms with van der Waals surface area (Å²) in [4.78, 5) is 12.6. The van der Waals surface area contributed by atoms with Crippen molar-refractivity contribution >= 4 is 5.78 Å². The molecule has 3 rings (SSSR count). The van der Waals surface area contributed by atoms with Gasteiger partial charge in [0.15, 0.2) is 5.78 Å². The van der Waals surface area contributed by atoms with E-state index in [1.54, 1.807) is 18.2 Å². The molecule has 0 amide bonds. The van der Waals surface area contributed by atoms with Crippen molar-refractivity contribution in [3.63, 3.8) is 0 Å². The molecule has 2 fully saturated rings. The molecule has 2 aliphatic rings. The summed E-state index contributed by atoms with van der Waals surface area (Å²) in [5.74, 6) is 0.653. The smallest absolute Gasteiger partial charge is 0.166 e. The molecule has 104 valence electrons. The minimum absolute atomic E-state index is 0.0406. The zero-order valence-electron chi connectivity index (χ0n) is 11.5. The van der Waals surface area contributed by atoms with E-state index in [1.807, 2.05) is 0 Å². The summed E-state index contributed by atoms with van der Waals surface area (Å²) < 4.78 is 10.9. The van der Waals surface area contributed by atoms with Crippen LogP contribution in [0.5, 0.6) is 5.75 Å². The first-order valence-electron chi connectivity index (χ1n) is 6.99. The molecule has 2 unspecified atom stereocenters. The molecule has 2 heterocycles. The van der Waals surface area contributed by atoms with Gasteiger partial charge in [-0.05, 0) is 43.9 Å². The summed E-state index contributed by atoms with van der Waals surface area (Å²) in [6.07, 6.45) is 4.29. The van der Waals surface area contributed by atoms with Crippen molar-refractivity contribution in [1.82, 2.24) is 0 Å². The van der Waals surface area contributed by atoms with Gasteiger partial charge in [-0.25, -0.2) is 0 Å². The number of methoxy groups -OCH3 is 1. The molecule has 0 N–H and O–H groups in total. The minimum atomic E-state index is 0.0406. The average molecular weight is 271 g/mol. The maximum Gasteiger partial charge on any atom is 0.166 e. The Balaban J connectivity index is 1.82. The summed E-state index contributed by atoms with van der Waals surface area (Å²) in [6, 6.07) is 7.11. The molecular weight excluding hydrogens is 254 g/mol. The highest BCUT2D eigenvalue weighted by molar-refractivity contribution is 5.98. The molecule has 0 saturated carbocycles. The summed E-state index contributed by atoms with van der Waals surface area (Å²) in [5, 5.41) is 8.97. The van der Waals surface area contributed by atoms with E-state index in [2.05, 4.69) is 6.07 Å². The topological polar surface area (TPSA) is 59.3 Å². The number of hydrogen-bond acceptors (Lipinski definition) is 4. The Kier molecular flexibility index (Phi) is 3.45. The van der Waals surface area contributed by atoms with Crippen LogP contribution in [0.4, 0.5) is 0 Å².